The van der Waals surface area contributed by atoms with E-state index >= 15 is 0 Å². The number of anilines is 1. The molecule has 0 aromatic carbocycles. The van der Waals surface area contributed by atoms with E-state index in [9.17, 15) is 14.4 Å². The molecule has 2 aliphatic rings. The summed E-state index contributed by atoms with van der Waals surface area (Å²) < 4.78 is 0. The highest BCUT2D eigenvalue weighted by Crippen LogP contribution is 2.30. The summed E-state index contributed by atoms with van der Waals surface area (Å²) in [5.41, 5.74) is 5.63. The number of carbonyl (C=O) groups excluding carboxylic acids is 3. The normalized spacial score (nSPS) is 23.3. The number of hydrogen-bond donors (Lipinski definition) is 3. The van der Waals surface area contributed by atoms with Crippen LogP contribution in [0.5, 0.6) is 0 Å². The van der Waals surface area contributed by atoms with Crippen LogP contribution in [-0.2, 0) is 9.59 Å². The van der Waals surface area contributed by atoms with Gasteiger partial charge >= 0.3 is 0 Å². The van der Waals surface area contributed by atoms with Gasteiger partial charge in [-0.25, -0.2) is 4.98 Å². The smallest absolute Gasteiger partial charge is 0.251 e. The van der Waals surface area contributed by atoms with Gasteiger partial charge in [-0.05, 0) is 37.8 Å². The first-order valence-electron chi connectivity index (χ1n) is 7.40. The van der Waals surface area contributed by atoms with Crippen molar-refractivity contribution in [2.75, 3.05) is 5.32 Å². The average molecular weight is 302 g/mol. The van der Waals surface area contributed by atoms with Crippen molar-refractivity contribution in [2.45, 2.75) is 31.7 Å². The summed E-state index contributed by atoms with van der Waals surface area (Å²) in [5, 5.41) is 5.56. The molecule has 1 aromatic rings. The summed E-state index contributed by atoms with van der Waals surface area (Å²) in [4.78, 5) is 38.8. The number of nitrogens with one attached hydrogen (secondary N) is 2. The molecule has 0 bridgehead atoms. The van der Waals surface area contributed by atoms with Crippen LogP contribution in [0.15, 0.2) is 18.3 Å². The van der Waals surface area contributed by atoms with Crippen LogP contribution in [0.25, 0.3) is 0 Å². The Hall–Kier alpha value is -2.44. The van der Waals surface area contributed by atoms with Gasteiger partial charge in [0.2, 0.25) is 11.8 Å². The van der Waals surface area contributed by atoms with Crippen LogP contribution in [0.4, 0.5) is 5.82 Å². The van der Waals surface area contributed by atoms with Crippen LogP contribution < -0.4 is 16.4 Å². The molecule has 3 rings (SSSR count). The third-order valence-corrected chi connectivity index (χ3v) is 4.10. The third-order valence-electron chi connectivity index (χ3n) is 4.10. The molecule has 22 heavy (non-hydrogen) atoms. The number of pyridine rings is 1. The van der Waals surface area contributed by atoms with E-state index in [1.165, 1.54) is 6.20 Å². The van der Waals surface area contributed by atoms with Crippen LogP contribution in [-0.4, -0.2) is 28.7 Å². The lowest BCUT2D eigenvalue weighted by Gasteiger charge is -2.33. The number of aromatic nitrogens is 1. The second kappa shape index (κ2) is 5.75. The van der Waals surface area contributed by atoms with Crippen LogP contribution in [0, 0.1) is 11.8 Å². The molecular formula is C15H18N4O3. The van der Waals surface area contributed by atoms with Crippen molar-refractivity contribution in [2.24, 2.45) is 17.6 Å². The molecule has 7 nitrogen and oxygen atoms in total. The van der Waals surface area contributed by atoms with Gasteiger partial charge in [0.05, 0.1) is 0 Å². The maximum absolute atomic E-state index is 12.1. The van der Waals surface area contributed by atoms with Crippen molar-refractivity contribution in [3.63, 3.8) is 0 Å². The lowest BCUT2D eigenvalue weighted by Crippen LogP contribution is -2.48. The third kappa shape index (κ3) is 3.24. The molecule has 1 aromatic heterocycles. The van der Waals surface area contributed by atoms with Gasteiger partial charge in [-0.3, -0.25) is 14.4 Å². The number of rotatable bonds is 5. The second-order valence-electron chi connectivity index (χ2n) is 5.93. The zero-order valence-corrected chi connectivity index (χ0v) is 12.0. The second-order valence-corrected chi connectivity index (χ2v) is 5.93. The molecule has 2 saturated carbocycles. The quantitative estimate of drug-likeness (QED) is 0.731. The number of hydrogen-bond acceptors (Lipinski definition) is 4. The molecule has 2 fully saturated rings. The van der Waals surface area contributed by atoms with Gasteiger partial charge < -0.3 is 16.4 Å². The van der Waals surface area contributed by atoms with Gasteiger partial charge in [-0.1, -0.05) is 0 Å². The van der Waals surface area contributed by atoms with Crippen molar-refractivity contribution < 1.29 is 14.4 Å². The van der Waals surface area contributed by atoms with E-state index in [0.29, 0.717) is 24.2 Å². The van der Waals surface area contributed by atoms with E-state index in [0.717, 1.165) is 12.8 Å². The average Bonchev–Trinajstić information content (AvgIpc) is 3.26. The fourth-order valence-electron chi connectivity index (χ4n) is 2.45. The molecule has 2 aliphatic carbocycles. The first-order chi connectivity index (χ1) is 10.5. The van der Waals surface area contributed by atoms with Gasteiger partial charge in [-0.2, -0.15) is 0 Å². The molecule has 0 aliphatic heterocycles. The van der Waals surface area contributed by atoms with E-state index < -0.39 is 0 Å². The summed E-state index contributed by atoms with van der Waals surface area (Å²) in [6.45, 7) is 0. The Kier molecular flexibility index (Phi) is 3.79. The molecule has 0 atom stereocenters. The number of carbonyl (C=O) groups is 3. The van der Waals surface area contributed by atoms with Gasteiger partial charge in [0.15, 0.2) is 0 Å². The van der Waals surface area contributed by atoms with E-state index in [-0.39, 0.29) is 35.6 Å². The molecule has 3 amide bonds. The summed E-state index contributed by atoms with van der Waals surface area (Å²) in [7, 11) is 0. The van der Waals surface area contributed by atoms with Crippen molar-refractivity contribution in [3.05, 3.63) is 23.9 Å². The molecule has 7 heteroatoms. The predicted molar refractivity (Wildman–Crippen MR) is 78.8 cm³/mol. The fourth-order valence-corrected chi connectivity index (χ4v) is 2.45. The minimum Gasteiger partial charge on any atom is -0.369 e. The summed E-state index contributed by atoms with van der Waals surface area (Å²) >= 11 is 0. The van der Waals surface area contributed by atoms with Crippen molar-refractivity contribution in [3.8, 4) is 0 Å². The highest BCUT2D eigenvalue weighted by molar-refractivity contribution is 5.97. The first kappa shape index (κ1) is 14.5. The van der Waals surface area contributed by atoms with Gasteiger partial charge in [-0.15, -0.1) is 0 Å². The van der Waals surface area contributed by atoms with E-state index in [4.69, 9.17) is 5.73 Å². The lowest BCUT2D eigenvalue weighted by molar-refractivity contribution is -0.124. The summed E-state index contributed by atoms with van der Waals surface area (Å²) in [6, 6.07) is 3.12. The molecule has 0 saturated heterocycles. The Morgan fingerprint density at radius 3 is 2.55 bits per heavy atom. The molecule has 1 heterocycles. The van der Waals surface area contributed by atoms with Crippen molar-refractivity contribution in [1.82, 2.24) is 10.3 Å². The zero-order chi connectivity index (χ0) is 15.7. The van der Waals surface area contributed by atoms with Crippen LogP contribution in [0.1, 0.15) is 36.0 Å². The van der Waals surface area contributed by atoms with Gasteiger partial charge in [0.25, 0.3) is 5.91 Å². The van der Waals surface area contributed by atoms with E-state index in [2.05, 4.69) is 15.6 Å². The highest BCUT2D eigenvalue weighted by atomic mass is 16.2. The molecule has 0 unspecified atom stereocenters. The molecule has 4 N–H and O–H groups in total. The maximum atomic E-state index is 12.1. The SMILES string of the molecule is NC(=O)C1CC(NC(=O)c2ccnc(NC(=O)C3CC3)c2)C1. The van der Waals surface area contributed by atoms with Gasteiger partial charge in [0.1, 0.15) is 5.82 Å². The molecule has 0 spiro atoms. The van der Waals surface area contributed by atoms with Crippen molar-refractivity contribution >= 4 is 23.5 Å². The first-order valence-corrected chi connectivity index (χ1v) is 7.40. The molecular weight excluding hydrogens is 284 g/mol. The minimum atomic E-state index is -0.320. The summed E-state index contributed by atoms with van der Waals surface area (Å²) in [6.07, 6.45) is 4.47. The Balaban J connectivity index is 1.56. The Labute approximate surface area is 127 Å². The van der Waals surface area contributed by atoms with Crippen LogP contribution in [0.2, 0.25) is 0 Å². The Morgan fingerprint density at radius 2 is 1.91 bits per heavy atom. The van der Waals surface area contributed by atoms with E-state index in [1.807, 2.05) is 0 Å². The fraction of sp³-hybridized carbons (Fsp3) is 0.467. The van der Waals surface area contributed by atoms with Crippen molar-refractivity contribution in [1.29, 1.82) is 0 Å². The van der Waals surface area contributed by atoms with Gasteiger partial charge in [0, 0.05) is 29.6 Å². The maximum Gasteiger partial charge on any atom is 0.251 e. The number of nitrogens with two attached hydrogens (primary N) is 1. The van der Waals surface area contributed by atoms with E-state index in [1.54, 1.807) is 12.1 Å². The zero-order valence-electron chi connectivity index (χ0n) is 12.0. The highest BCUT2D eigenvalue weighted by Gasteiger charge is 2.34. The number of primary amides is 1. The monoisotopic (exact) mass is 302 g/mol. The largest absolute Gasteiger partial charge is 0.369 e. The minimum absolute atomic E-state index is 0.0253. The predicted octanol–water partition coefficient (Wildman–Crippen LogP) is 0.424. The number of nitrogens with zero attached hydrogens (tertiary/aromatic N) is 1. The number of amides is 3. The van der Waals surface area contributed by atoms with Crippen LogP contribution >= 0.6 is 0 Å². The Bertz CT molecular complexity index is 621. The molecule has 0 radical (unpaired) electrons. The standard InChI is InChI=1S/C15H18N4O3/c16-13(20)10-5-11(6-10)18-15(22)9-3-4-17-12(7-9)19-14(21)8-1-2-8/h3-4,7-8,10-11H,1-2,5-6H2,(H2,16,20)(H,18,22)(H,17,19,21). The van der Waals surface area contributed by atoms with Crippen LogP contribution in [0.3, 0.4) is 0 Å². The molecule has 116 valence electrons. The lowest BCUT2D eigenvalue weighted by atomic mass is 9.80. The topological polar surface area (TPSA) is 114 Å². The summed E-state index contributed by atoms with van der Waals surface area (Å²) in [5.74, 6) is -0.283. The Morgan fingerprint density at radius 1 is 1.18 bits per heavy atom.